The van der Waals surface area contributed by atoms with E-state index in [9.17, 15) is 0 Å². The molecule has 2 aromatic carbocycles. The third-order valence-electron chi connectivity index (χ3n) is 5.24. The fourth-order valence-electron chi connectivity index (χ4n) is 3.72. The van der Waals surface area contributed by atoms with Crippen molar-refractivity contribution in [3.63, 3.8) is 0 Å². The number of hydroxylamine groups is 2. The van der Waals surface area contributed by atoms with Gasteiger partial charge in [-0.15, -0.1) is 0 Å². The maximum Gasteiger partial charge on any atom is 0.137 e. The van der Waals surface area contributed by atoms with E-state index in [0.717, 1.165) is 23.5 Å². The molecule has 7 nitrogen and oxygen atoms in total. The lowest BCUT2D eigenvalue weighted by Crippen LogP contribution is -2.42. The molecular formula is C21H23ClN4O3. The molecule has 2 atom stereocenters. The van der Waals surface area contributed by atoms with Gasteiger partial charge in [0.15, 0.2) is 0 Å². The summed E-state index contributed by atoms with van der Waals surface area (Å²) < 4.78 is 13.0. The number of ether oxygens (including phenoxy) is 2. The second kappa shape index (κ2) is 8.41. The molecule has 1 aromatic heterocycles. The zero-order valence-electron chi connectivity index (χ0n) is 16.4. The summed E-state index contributed by atoms with van der Waals surface area (Å²) in [5, 5.41) is 6.89. The minimum atomic E-state index is -0.410. The zero-order chi connectivity index (χ0) is 20.3. The highest BCUT2D eigenvalue weighted by molar-refractivity contribution is 6.30. The molecule has 1 aliphatic rings. The molecule has 1 fully saturated rings. The van der Waals surface area contributed by atoms with Crippen molar-refractivity contribution in [2.75, 3.05) is 20.8 Å². The number of halogens is 1. The van der Waals surface area contributed by atoms with E-state index in [1.165, 1.54) is 6.33 Å². The number of nitrogens with zero attached hydrogens (tertiary/aromatic N) is 4. The van der Waals surface area contributed by atoms with Crippen LogP contribution in [0.3, 0.4) is 0 Å². The summed E-state index contributed by atoms with van der Waals surface area (Å²) in [7, 11) is 3.59. The standard InChI is InChI=1S/C21H23ClN4O3/c1-25-21(13-26-15-23-14-24-26,16-3-5-17(22)6-4-16)11-20(29-25)12-28-19-9-7-18(27-2)8-10-19/h3-10,14-15,20H,11-13H2,1-2H3. The minimum Gasteiger partial charge on any atom is -0.497 e. The molecule has 3 aromatic rings. The van der Waals surface area contributed by atoms with Gasteiger partial charge in [0.25, 0.3) is 0 Å². The Bertz CT molecular complexity index is 918. The lowest BCUT2D eigenvalue weighted by molar-refractivity contribution is -0.180. The van der Waals surface area contributed by atoms with Gasteiger partial charge in [-0.1, -0.05) is 23.7 Å². The van der Waals surface area contributed by atoms with Crippen LogP contribution >= 0.6 is 11.6 Å². The van der Waals surface area contributed by atoms with Gasteiger partial charge in [0.2, 0.25) is 0 Å². The van der Waals surface area contributed by atoms with Gasteiger partial charge in [-0.2, -0.15) is 10.2 Å². The highest BCUT2D eigenvalue weighted by atomic mass is 35.5. The number of likely N-dealkylation sites (N-methyl/N-ethyl adjacent to an activating group) is 1. The van der Waals surface area contributed by atoms with E-state index in [2.05, 4.69) is 10.1 Å². The number of methoxy groups -OCH3 is 1. The van der Waals surface area contributed by atoms with Gasteiger partial charge in [0.05, 0.1) is 19.2 Å². The molecule has 0 amide bonds. The lowest BCUT2D eigenvalue weighted by Gasteiger charge is -2.34. The van der Waals surface area contributed by atoms with Gasteiger partial charge >= 0.3 is 0 Å². The Balaban J connectivity index is 1.52. The van der Waals surface area contributed by atoms with Gasteiger partial charge in [0, 0.05) is 18.5 Å². The summed E-state index contributed by atoms with van der Waals surface area (Å²) in [6, 6.07) is 15.4. The first-order valence-corrected chi connectivity index (χ1v) is 9.73. The highest BCUT2D eigenvalue weighted by Gasteiger charge is 2.47. The van der Waals surface area contributed by atoms with E-state index in [0.29, 0.717) is 18.2 Å². The number of rotatable bonds is 7. The lowest BCUT2D eigenvalue weighted by atomic mass is 9.85. The molecule has 2 unspecified atom stereocenters. The van der Waals surface area contributed by atoms with Gasteiger partial charge in [-0.3, -0.25) is 9.52 Å². The van der Waals surface area contributed by atoms with Crippen LogP contribution in [0.2, 0.25) is 5.02 Å². The summed E-state index contributed by atoms with van der Waals surface area (Å²) in [5.74, 6) is 1.57. The predicted octanol–water partition coefficient (Wildman–Crippen LogP) is 3.55. The van der Waals surface area contributed by atoms with E-state index >= 15 is 0 Å². The van der Waals surface area contributed by atoms with Crippen molar-refractivity contribution in [3.8, 4) is 11.5 Å². The van der Waals surface area contributed by atoms with Crippen LogP contribution in [0.25, 0.3) is 0 Å². The second-order valence-electron chi connectivity index (χ2n) is 7.05. The summed E-state index contributed by atoms with van der Waals surface area (Å²) in [5.41, 5.74) is 0.693. The van der Waals surface area contributed by atoms with Crippen LogP contribution in [0, 0.1) is 0 Å². The van der Waals surface area contributed by atoms with Gasteiger partial charge in [-0.25, -0.2) is 4.98 Å². The summed E-state index contributed by atoms with van der Waals surface area (Å²) >= 11 is 6.11. The van der Waals surface area contributed by atoms with E-state index in [4.69, 9.17) is 25.9 Å². The Morgan fingerprint density at radius 2 is 1.86 bits per heavy atom. The second-order valence-corrected chi connectivity index (χ2v) is 7.48. The largest absolute Gasteiger partial charge is 0.497 e. The normalized spacial score (nSPS) is 22.0. The summed E-state index contributed by atoms with van der Waals surface area (Å²) in [4.78, 5) is 10.2. The van der Waals surface area contributed by atoms with Crippen molar-refractivity contribution in [1.82, 2.24) is 19.8 Å². The van der Waals surface area contributed by atoms with Gasteiger partial charge in [0.1, 0.15) is 36.9 Å². The average Bonchev–Trinajstić information content (AvgIpc) is 3.36. The first-order chi connectivity index (χ1) is 14.1. The monoisotopic (exact) mass is 414 g/mol. The molecule has 1 aliphatic heterocycles. The SMILES string of the molecule is COc1ccc(OCC2CC(Cn3cncn3)(c3ccc(Cl)cc3)N(C)O2)cc1. The average molecular weight is 415 g/mol. The molecule has 8 heteroatoms. The quantitative estimate of drug-likeness (QED) is 0.589. The molecule has 0 spiro atoms. The van der Waals surface area contributed by atoms with Crippen LogP contribution in [0.4, 0.5) is 0 Å². The van der Waals surface area contributed by atoms with Crippen LogP contribution < -0.4 is 9.47 Å². The Morgan fingerprint density at radius 1 is 1.14 bits per heavy atom. The number of hydrogen-bond acceptors (Lipinski definition) is 6. The first kappa shape index (κ1) is 19.7. The van der Waals surface area contributed by atoms with Crippen molar-refractivity contribution in [2.45, 2.75) is 24.6 Å². The van der Waals surface area contributed by atoms with Crippen LogP contribution in [0.15, 0.2) is 61.2 Å². The minimum absolute atomic E-state index is 0.110. The summed E-state index contributed by atoms with van der Waals surface area (Å²) in [6.45, 7) is 1.04. The Hall–Kier alpha value is -2.61. The fourth-order valence-corrected chi connectivity index (χ4v) is 3.84. The van der Waals surface area contributed by atoms with Crippen molar-refractivity contribution >= 4 is 11.6 Å². The maximum absolute atomic E-state index is 6.17. The van der Waals surface area contributed by atoms with E-state index < -0.39 is 5.54 Å². The molecule has 0 N–H and O–H groups in total. The Labute approximate surface area is 174 Å². The van der Waals surface area contributed by atoms with Crippen molar-refractivity contribution in [3.05, 3.63) is 71.8 Å². The molecule has 0 radical (unpaired) electrons. The van der Waals surface area contributed by atoms with Gasteiger partial charge < -0.3 is 9.47 Å². The van der Waals surface area contributed by atoms with E-state index in [1.807, 2.05) is 65.3 Å². The zero-order valence-corrected chi connectivity index (χ0v) is 17.1. The van der Waals surface area contributed by atoms with E-state index in [-0.39, 0.29) is 6.10 Å². The molecule has 0 aliphatic carbocycles. The third-order valence-corrected chi connectivity index (χ3v) is 5.49. The van der Waals surface area contributed by atoms with E-state index in [1.54, 1.807) is 13.4 Å². The molecule has 1 saturated heterocycles. The predicted molar refractivity (Wildman–Crippen MR) is 109 cm³/mol. The van der Waals surface area contributed by atoms with Crippen LogP contribution in [-0.4, -0.2) is 46.7 Å². The molecule has 0 saturated carbocycles. The highest BCUT2D eigenvalue weighted by Crippen LogP contribution is 2.41. The molecule has 29 heavy (non-hydrogen) atoms. The third kappa shape index (κ3) is 4.22. The topological polar surface area (TPSA) is 61.6 Å². The number of hydrogen-bond donors (Lipinski definition) is 0. The molecule has 0 bridgehead atoms. The fraction of sp³-hybridized carbons (Fsp3) is 0.333. The van der Waals surface area contributed by atoms with Gasteiger partial charge in [-0.05, 0) is 42.0 Å². The maximum atomic E-state index is 6.17. The van der Waals surface area contributed by atoms with Crippen LogP contribution in [0.5, 0.6) is 11.5 Å². The smallest absolute Gasteiger partial charge is 0.137 e. The summed E-state index contributed by atoms with van der Waals surface area (Å²) in [6.07, 6.45) is 3.88. The number of benzene rings is 2. The first-order valence-electron chi connectivity index (χ1n) is 9.35. The molecule has 2 heterocycles. The Kier molecular flexibility index (Phi) is 5.71. The van der Waals surface area contributed by atoms with Crippen molar-refractivity contribution < 1.29 is 14.3 Å². The van der Waals surface area contributed by atoms with Crippen molar-refractivity contribution in [2.24, 2.45) is 0 Å². The molecule has 152 valence electrons. The Morgan fingerprint density at radius 3 is 2.52 bits per heavy atom. The number of aromatic nitrogens is 3. The van der Waals surface area contributed by atoms with Crippen LogP contribution in [-0.2, 0) is 16.9 Å². The van der Waals surface area contributed by atoms with Crippen molar-refractivity contribution in [1.29, 1.82) is 0 Å². The molecular weight excluding hydrogens is 392 g/mol. The van der Waals surface area contributed by atoms with Crippen LogP contribution in [0.1, 0.15) is 12.0 Å². The molecule has 4 rings (SSSR count).